The molecule has 0 spiro atoms. The smallest absolute Gasteiger partial charge is 0.225 e. The van der Waals surface area contributed by atoms with Crippen molar-refractivity contribution in [3.05, 3.63) is 0 Å². The number of carbonyl (C=O) groups excluding carboxylic acids is 1. The first-order valence-corrected chi connectivity index (χ1v) is 6.03. The van der Waals surface area contributed by atoms with Crippen LogP contribution in [0, 0.1) is 11.8 Å². The summed E-state index contributed by atoms with van der Waals surface area (Å²) >= 11 is 0. The third-order valence-corrected chi connectivity index (χ3v) is 2.81. The van der Waals surface area contributed by atoms with Gasteiger partial charge in [-0.15, -0.1) is 0 Å². The molecule has 0 aliphatic carbocycles. The number of amides is 1. The number of rotatable bonds is 4. The average Bonchev–Trinajstić information content (AvgIpc) is 2.65. The fraction of sp³-hybridized carbons (Fsp3) is 0.917. The summed E-state index contributed by atoms with van der Waals surface area (Å²) in [6.45, 7) is 11.2. The van der Waals surface area contributed by atoms with Crippen LogP contribution in [0.15, 0.2) is 0 Å². The summed E-state index contributed by atoms with van der Waals surface area (Å²) in [4.78, 5) is 14.1. The molecule has 0 bridgehead atoms. The first-order chi connectivity index (χ1) is 7.02. The zero-order valence-electron chi connectivity index (χ0n) is 10.4. The molecule has 0 radical (unpaired) electrons. The van der Waals surface area contributed by atoms with Gasteiger partial charge in [-0.25, -0.2) is 0 Å². The van der Waals surface area contributed by atoms with Gasteiger partial charge in [-0.05, 0) is 18.9 Å². The Balaban J connectivity index is 2.63. The summed E-state index contributed by atoms with van der Waals surface area (Å²) in [6.07, 6.45) is 1.10. The first-order valence-electron chi connectivity index (χ1n) is 6.03. The maximum atomic E-state index is 12.1. The minimum atomic E-state index is 0.115. The molecule has 0 aromatic rings. The van der Waals surface area contributed by atoms with E-state index in [2.05, 4.69) is 24.1 Å². The fourth-order valence-electron chi connectivity index (χ4n) is 2.05. The number of carbonyl (C=O) groups is 1. The lowest BCUT2D eigenvalue weighted by Gasteiger charge is -2.31. The van der Waals surface area contributed by atoms with Gasteiger partial charge < -0.3 is 10.2 Å². The molecular weight excluding hydrogens is 188 g/mol. The molecule has 1 unspecified atom stereocenters. The van der Waals surface area contributed by atoms with Crippen LogP contribution in [0.4, 0.5) is 0 Å². The summed E-state index contributed by atoms with van der Waals surface area (Å²) in [5, 5.41) is 3.33. The number of hydrogen-bond acceptors (Lipinski definition) is 2. The van der Waals surface area contributed by atoms with Gasteiger partial charge in [0.2, 0.25) is 5.91 Å². The molecular formula is C12H24N2O. The molecule has 0 aromatic carbocycles. The van der Waals surface area contributed by atoms with Crippen LogP contribution < -0.4 is 5.32 Å². The van der Waals surface area contributed by atoms with E-state index in [0.29, 0.717) is 17.9 Å². The Morgan fingerprint density at radius 2 is 2.07 bits per heavy atom. The highest BCUT2D eigenvalue weighted by atomic mass is 16.2. The van der Waals surface area contributed by atoms with Gasteiger partial charge in [0.25, 0.3) is 0 Å². The van der Waals surface area contributed by atoms with Crippen LogP contribution in [0.25, 0.3) is 0 Å². The predicted molar refractivity (Wildman–Crippen MR) is 62.7 cm³/mol. The van der Waals surface area contributed by atoms with E-state index in [4.69, 9.17) is 0 Å². The van der Waals surface area contributed by atoms with Gasteiger partial charge in [0.05, 0.1) is 0 Å². The number of hydrogen-bond donors (Lipinski definition) is 1. The van der Waals surface area contributed by atoms with E-state index < -0.39 is 0 Å². The van der Waals surface area contributed by atoms with E-state index in [1.807, 2.05) is 13.8 Å². The molecule has 1 amide bonds. The minimum absolute atomic E-state index is 0.115. The summed E-state index contributed by atoms with van der Waals surface area (Å²) < 4.78 is 0. The topological polar surface area (TPSA) is 32.3 Å². The zero-order valence-corrected chi connectivity index (χ0v) is 10.4. The number of nitrogens with zero attached hydrogens (tertiary/aromatic N) is 1. The lowest BCUT2D eigenvalue weighted by Crippen LogP contribution is -2.45. The Kier molecular flexibility index (Phi) is 4.58. The Hall–Kier alpha value is -0.570. The van der Waals surface area contributed by atoms with Crippen molar-refractivity contribution in [2.45, 2.75) is 40.2 Å². The molecule has 1 aliphatic heterocycles. The normalized spacial score (nSPS) is 21.3. The van der Waals surface area contributed by atoms with Crippen molar-refractivity contribution in [2.75, 3.05) is 19.6 Å². The SMILES string of the molecule is CC(C)CN(C(=O)C(C)C)C1CCNC1. The van der Waals surface area contributed by atoms with Crippen molar-refractivity contribution in [3.63, 3.8) is 0 Å². The molecule has 15 heavy (non-hydrogen) atoms. The van der Waals surface area contributed by atoms with Crippen LogP contribution in [0.2, 0.25) is 0 Å². The van der Waals surface area contributed by atoms with Crippen LogP contribution in [0.5, 0.6) is 0 Å². The molecule has 1 N–H and O–H groups in total. The molecule has 0 saturated carbocycles. The van der Waals surface area contributed by atoms with Crippen LogP contribution in [-0.4, -0.2) is 36.5 Å². The molecule has 1 fully saturated rings. The summed E-state index contributed by atoms with van der Waals surface area (Å²) in [5.41, 5.74) is 0. The highest BCUT2D eigenvalue weighted by Gasteiger charge is 2.28. The lowest BCUT2D eigenvalue weighted by atomic mass is 10.1. The van der Waals surface area contributed by atoms with Gasteiger partial charge in [0.15, 0.2) is 0 Å². The summed E-state index contributed by atoms with van der Waals surface area (Å²) in [7, 11) is 0. The Morgan fingerprint density at radius 3 is 2.47 bits per heavy atom. The van der Waals surface area contributed by atoms with E-state index in [0.717, 1.165) is 26.1 Å². The van der Waals surface area contributed by atoms with E-state index in [-0.39, 0.29) is 5.92 Å². The summed E-state index contributed by atoms with van der Waals surface area (Å²) in [6, 6.07) is 0.419. The van der Waals surface area contributed by atoms with Gasteiger partial charge in [-0.1, -0.05) is 27.7 Å². The molecule has 88 valence electrons. The van der Waals surface area contributed by atoms with Crippen LogP contribution in [-0.2, 0) is 4.79 Å². The maximum absolute atomic E-state index is 12.1. The van der Waals surface area contributed by atoms with Gasteiger partial charge in [0.1, 0.15) is 0 Å². The molecule has 0 aromatic heterocycles. The third-order valence-electron chi connectivity index (χ3n) is 2.81. The second-order valence-electron chi connectivity index (χ2n) is 5.19. The largest absolute Gasteiger partial charge is 0.338 e. The highest BCUT2D eigenvalue weighted by Crippen LogP contribution is 2.14. The Labute approximate surface area is 93.2 Å². The van der Waals surface area contributed by atoms with Crippen molar-refractivity contribution in [1.29, 1.82) is 0 Å². The van der Waals surface area contributed by atoms with Gasteiger partial charge in [0, 0.05) is 25.0 Å². The van der Waals surface area contributed by atoms with Gasteiger partial charge in [-0.3, -0.25) is 4.79 Å². The number of nitrogens with one attached hydrogen (secondary N) is 1. The lowest BCUT2D eigenvalue weighted by molar-refractivity contribution is -0.137. The molecule has 1 saturated heterocycles. The fourth-order valence-corrected chi connectivity index (χ4v) is 2.05. The molecule has 1 aliphatic rings. The van der Waals surface area contributed by atoms with Gasteiger partial charge in [-0.2, -0.15) is 0 Å². The quantitative estimate of drug-likeness (QED) is 0.765. The monoisotopic (exact) mass is 212 g/mol. The van der Waals surface area contributed by atoms with Crippen LogP contribution in [0.3, 0.4) is 0 Å². The predicted octanol–water partition coefficient (Wildman–Crippen LogP) is 1.49. The molecule has 1 atom stereocenters. The van der Waals surface area contributed by atoms with E-state index >= 15 is 0 Å². The third kappa shape index (κ3) is 3.49. The van der Waals surface area contributed by atoms with E-state index in [9.17, 15) is 4.79 Å². The van der Waals surface area contributed by atoms with Gasteiger partial charge >= 0.3 is 0 Å². The first kappa shape index (κ1) is 12.5. The van der Waals surface area contributed by atoms with E-state index in [1.165, 1.54) is 0 Å². The maximum Gasteiger partial charge on any atom is 0.225 e. The van der Waals surface area contributed by atoms with Crippen molar-refractivity contribution < 1.29 is 4.79 Å². The standard InChI is InChI=1S/C12H24N2O/c1-9(2)8-14(12(15)10(3)4)11-5-6-13-7-11/h9-11,13H,5-8H2,1-4H3. The Bertz CT molecular complexity index is 208. The molecule has 1 heterocycles. The van der Waals surface area contributed by atoms with Crippen molar-refractivity contribution in [1.82, 2.24) is 10.2 Å². The van der Waals surface area contributed by atoms with Crippen molar-refractivity contribution in [2.24, 2.45) is 11.8 Å². The zero-order chi connectivity index (χ0) is 11.4. The molecule has 3 heteroatoms. The van der Waals surface area contributed by atoms with Crippen molar-refractivity contribution >= 4 is 5.91 Å². The summed E-state index contributed by atoms with van der Waals surface area (Å²) in [5.74, 6) is 0.968. The highest BCUT2D eigenvalue weighted by molar-refractivity contribution is 5.78. The molecule has 1 rings (SSSR count). The minimum Gasteiger partial charge on any atom is -0.338 e. The second-order valence-corrected chi connectivity index (χ2v) is 5.19. The molecule has 3 nitrogen and oxygen atoms in total. The van der Waals surface area contributed by atoms with E-state index in [1.54, 1.807) is 0 Å². The van der Waals surface area contributed by atoms with Crippen LogP contribution >= 0.6 is 0 Å². The van der Waals surface area contributed by atoms with Crippen molar-refractivity contribution in [3.8, 4) is 0 Å². The van der Waals surface area contributed by atoms with Crippen LogP contribution in [0.1, 0.15) is 34.1 Å². The average molecular weight is 212 g/mol. The Morgan fingerprint density at radius 1 is 1.40 bits per heavy atom. The second kappa shape index (κ2) is 5.50.